The molecule has 0 heterocycles. The second-order valence-corrected chi connectivity index (χ2v) is 9.50. The van der Waals surface area contributed by atoms with Gasteiger partial charge < -0.3 is 0 Å². The van der Waals surface area contributed by atoms with Crippen molar-refractivity contribution < 1.29 is 4.79 Å². The van der Waals surface area contributed by atoms with Gasteiger partial charge in [-0.2, -0.15) is 0 Å². The second kappa shape index (κ2) is 9.74. The largest absolute Gasteiger partial charge is 0.294 e. The maximum atomic E-state index is 11.7. The minimum absolute atomic E-state index is 0.245. The van der Waals surface area contributed by atoms with Crippen LogP contribution in [0.25, 0.3) is 0 Å². The van der Waals surface area contributed by atoms with E-state index in [-0.39, 0.29) is 5.78 Å². The summed E-state index contributed by atoms with van der Waals surface area (Å²) < 4.78 is 0. The van der Waals surface area contributed by atoms with E-state index >= 15 is 0 Å². The molecule has 2 aliphatic rings. The van der Waals surface area contributed by atoms with Gasteiger partial charge in [0.1, 0.15) is 0 Å². The van der Waals surface area contributed by atoms with Crippen molar-refractivity contribution in [3.8, 4) is 0 Å². The molecule has 1 unspecified atom stereocenters. The average molecular weight is 389 g/mol. The number of Topliss-reactive ketones (excluding diaryl/α,β-unsaturated/α-hetero) is 1. The van der Waals surface area contributed by atoms with Gasteiger partial charge >= 0.3 is 0 Å². The fourth-order valence-corrected chi connectivity index (χ4v) is 5.46. The van der Waals surface area contributed by atoms with Crippen molar-refractivity contribution in [2.24, 2.45) is 17.8 Å². The van der Waals surface area contributed by atoms with E-state index in [1.807, 2.05) is 19.1 Å². The summed E-state index contributed by atoms with van der Waals surface area (Å²) in [7, 11) is 0. The highest BCUT2D eigenvalue weighted by Crippen LogP contribution is 2.52. The lowest BCUT2D eigenvalue weighted by molar-refractivity contribution is 0.0988. The van der Waals surface area contributed by atoms with Crippen LogP contribution in [0, 0.1) is 17.8 Å². The lowest BCUT2D eigenvalue weighted by Crippen LogP contribution is -2.15. The summed E-state index contributed by atoms with van der Waals surface area (Å²) in [5, 5.41) is 0. The van der Waals surface area contributed by atoms with Crippen molar-refractivity contribution in [2.75, 3.05) is 0 Å². The van der Waals surface area contributed by atoms with Crippen LogP contribution >= 0.6 is 0 Å². The minimum Gasteiger partial charge on any atom is -0.294 e. The number of hydrogen-bond acceptors (Lipinski definition) is 1. The van der Waals surface area contributed by atoms with E-state index < -0.39 is 0 Å². The Bertz CT molecular complexity index is 768. The molecule has 2 aromatic carbocycles. The molecular weight excluding hydrogens is 352 g/mol. The van der Waals surface area contributed by atoms with Crippen LogP contribution in [-0.4, -0.2) is 5.78 Å². The zero-order chi connectivity index (χ0) is 20.1. The molecular formula is C28H36O. The topological polar surface area (TPSA) is 17.1 Å². The van der Waals surface area contributed by atoms with Gasteiger partial charge in [0, 0.05) is 12.0 Å². The summed E-state index contributed by atoms with van der Waals surface area (Å²) in [6, 6.07) is 19.5. The van der Waals surface area contributed by atoms with Crippen LogP contribution < -0.4 is 0 Å². The Morgan fingerprint density at radius 1 is 0.897 bits per heavy atom. The van der Waals surface area contributed by atoms with Crippen LogP contribution in [0.1, 0.15) is 92.1 Å². The molecule has 0 N–H and O–H groups in total. The van der Waals surface area contributed by atoms with Gasteiger partial charge in [-0.3, -0.25) is 4.79 Å². The zero-order valence-electron chi connectivity index (χ0n) is 18.0. The number of carbonyl (C=O) groups is 1. The molecule has 2 aromatic rings. The number of ketones is 1. The Hall–Kier alpha value is -1.89. The van der Waals surface area contributed by atoms with Gasteiger partial charge in [0.2, 0.25) is 0 Å². The van der Waals surface area contributed by atoms with Gasteiger partial charge in [-0.15, -0.1) is 0 Å². The molecule has 0 aromatic heterocycles. The Kier molecular flexibility index (Phi) is 6.85. The molecule has 2 atom stereocenters. The Labute approximate surface area is 176 Å². The molecule has 2 saturated carbocycles. The highest BCUT2D eigenvalue weighted by molar-refractivity contribution is 5.95. The predicted molar refractivity (Wildman–Crippen MR) is 121 cm³/mol. The van der Waals surface area contributed by atoms with Gasteiger partial charge in [-0.1, -0.05) is 93.6 Å². The van der Waals surface area contributed by atoms with Crippen LogP contribution in [0.3, 0.4) is 0 Å². The van der Waals surface area contributed by atoms with Gasteiger partial charge in [-0.05, 0) is 60.5 Å². The van der Waals surface area contributed by atoms with Crippen LogP contribution in [0.2, 0.25) is 0 Å². The lowest BCUT2D eigenvalue weighted by Gasteiger charge is -2.28. The first-order chi connectivity index (χ1) is 14.2. The zero-order valence-corrected chi connectivity index (χ0v) is 18.0. The van der Waals surface area contributed by atoms with Crippen molar-refractivity contribution in [3.05, 3.63) is 71.3 Å². The SMILES string of the molecule is CCC(=O)c1ccc(CCCC2CCC(CC3C[C@H]3c3ccccc3)CC2)cc1. The molecule has 0 radical (unpaired) electrons. The molecule has 0 aliphatic heterocycles. The molecule has 0 bridgehead atoms. The van der Waals surface area contributed by atoms with Gasteiger partial charge in [0.15, 0.2) is 5.78 Å². The Morgan fingerprint density at radius 3 is 2.28 bits per heavy atom. The number of rotatable bonds is 9. The van der Waals surface area contributed by atoms with Crippen LogP contribution in [0.5, 0.6) is 0 Å². The van der Waals surface area contributed by atoms with Gasteiger partial charge in [0.25, 0.3) is 0 Å². The fraction of sp³-hybridized carbons (Fsp3) is 0.536. The molecule has 2 fully saturated rings. The van der Waals surface area contributed by atoms with Crippen molar-refractivity contribution in [2.45, 2.75) is 77.0 Å². The second-order valence-electron chi connectivity index (χ2n) is 9.50. The first-order valence-corrected chi connectivity index (χ1v) is 11.9. The standard InChI is InChI=1S/C28H36O/c1-2-28(29)25-17-15-22(16-18-25)8-6-7-21-11-13-23(14-12-21)19-26-20-27(26)24-9-4-3-5-10-24/h3-5,9-10,15-18,21,23,26-27H,2,6-8,11-14,19-20H2,1H3/t21?,23?,26?,27-/m0/s1. The molecule has 0 amide bonds. The molecule has 4 rings (SSSR count). The molecule has 1 nitrogen and oxygen atoms in total. The first-order valence-electron chi connectivity index (χ1n) is 11.9. The van der Waals surface area contributed by atoms with E-state index in [4.69, 9.17) is 0 Å². The summed E-state index contributed by atoms with van der Waals surface area (Å²) in [5.41, 5.74) is 3.81. The van der Waals surface area contributed by atoms with Crippen LogP contribution in [0.15, 0.2) is 54.6 Å². The van der Waals surface area contributed by atoms with Crippen LogP contribution in [0.4, 0.5) is 0 Å². The fourth-order valence-electron chi connectivity index (χ4n) is 5.46. The number of hydrogen-bond donors (Lipinski definition) is 0. The van der Waals surface area contributed by atoms with Crippen molar-refractivity contribution in [1.29, 1.82) is 0 Å². The van der Waals surface area contributed by atoms with E-state index in [1.165, 1.54) is 56.9 Å². The van der Waals surface area contributed by atoms with E-state index in [1.54, 1.807) is 5.56 Å². The third-order valence-corrected chi connectivity index (χ3v) is 7.43. The van der Waals surface area contributed by atoms with Crippen molar-refractivity contribution in [3.63, 3.8) is 0 Å². The molecule has 29 heavy (non-hydrogen) atoms. The summed E-state index contributed by atoms with van der Waals surface area (Å²) >= 11 is 0. The quantitative estimate of drug-likeness (QED) is 0.404. The van der Waals surface area contributed by atoms with Crippen molar-refractivity contribution in [1.82, 2.24) is 0 Å². The minimum atomic E-state index is 0.245. The first kappa shape index (κ1) is 20.4. The Morgan fingerprint density at radius 2 is 1.59 bits per heavy atom. The number of aryl methyl sites for hydroxylation is 1. The average Bonchev–Trinajstić information content (AvgIpc) is 3.54. The highest BCUT2D eigenvalue weighted by Gasteiger charge is 2.39. The molecule has 0 saturated heterocycles. The monoisotopic (exact) mass is 388 g/mol. The van der Waals surface area contributed by atoms with Gasteiger partial charge in [0.05, 0.1) is 0 Å². The summed E-state index contributed by atoms with van der Waals surface area (Å²) in [4.78, 5) is 11.7. The summed E-state index contributed by atoms with van der Waals surface area (Å²) in [5.74, 6) is 3.98. The summed E-state index contributed by atoms with van der Waals surface area (Å²) in [6.07, 6.45) is 13.1. The maximum Gasteiger partial charge on any atom is 0.162 e. The van der Waals surface area contributed by atoms with E-state index in [9.17, 15) is 4.79 Å². The van der Waals surface area contributed by atoms with E-state index in [2.05, 4.69) is 42.5 Å². The smallest absolute Gasteiger partial charge is 0.162 e. The molecule has 1 heteroatoms. The van der Waals surface area contributed by atoms with E-state index in [0.717, 1.165) is 35.7 Å². The third-order valence-electron chi connectivity index (χ3n) is 7.43. The normalized spacial score (nSPS) is 26.2. The van der Waals surface area contributed by atoms with E-state index in [0.29, 0.717) is 6.42 Å². The number of carbonyl (C=O) groups excluding carboxylic acids is 1. The van der Waals surface area contributed by atoms with Crippen LogP contribution in [-0.2, 0) is 6.42 Å². The number of benzene rings is 2. The molecule has 2 aliphatic carbocycles. The maximum absolute atomic E-state index is 11.7. The lowest BCUT2D eigenvalue weighted by atomic mass is 9.77. The third kappa shape index (κ3) is 5.59. The summed E-state index contributed by atoms with van der Waals surface area (Å²) in [6.45, 7) is 1.93. The van der Waals surface area contributed by atoms with Gasteiger partial charge in [-0.25, -0.2) is 0 Å². The predicted octanol–water partition coefficient (Wildman–Crippen LogP) is 7.60. The highest BCUT2D eigenvalue weighted by atomic mass is 16.1. The molecule has 154 valence electrons. The Balaban J connectivity index is 1.12. The van der Waals surface area contributed by atoms with Crippen molar-refractivity contribution >= 4 is 5.78 Å². The molecule has 0 spiro atoms.